The Kier molecular flexibility index (Phi) is 13.4. The van der Waals surface area contributed by atoms with Gasteiger partial charge < -0.3 is 42.7 Å². The summed E-state index contributed by atoms with van der Waals surface area (Å²) in [5.41, 5.74) is 12.4. The van der Waals surface area contributed by atoms with Gasteiger partial charge >= 0.3 is 5.97 Å². The molecule has 3 amide bonds. The van der Waals surface area contributed by atoms with Crippen LogP contribution in [0.3, 0.4) is 0 Å². The normalized spacial score (nSPS) is 15.7. The molecule has 1 rings (SSSR count). The molecule has 14 nitrogen and oxygen atoms in total. The van der Waals surface area contributed by atoms with Gasteiger partial charge in [0, 0.05) is 0 Å². The van der Waals surface area contributed by atoms with E-state index in [1.54, 1.807) is 44.2 Å². The number of carbonyl (C=O) groups is 6. The molecule has 0 aliphatic rings. The number of aliphatic hydroxyl groups is 2. The van der Waals surface area contributed by atoms with E-state index in [-0.39, 0.29) is 12.3 Å². The Morgan fingerprint density at radius 3 is 1.85 bits per heavy atom. The van der Waals surface area contributed by atoms with Crippen LogP contribution in [0.15, 0.2) is 30.3 Å². The molecule has 10 N–H and O–H groups in total. The van der Waals surface area contributed by atoms with Gasteiger partial charge in [0.1, 0.15) is 18.1 Å². The summed E-state index contributed by atoms with van der Waals surface area (Å²) in [5.74, 6) is -7.45. The molecule has 216 valence electrons. The number of rotatable bonds is 16. The monoisotopic (exact) mass is 551 g/mol. The number of carbonyl (C=O) groups excluding carboxylic acids is 5. The lowest BCUT2D eigenvalue weighted by atomic mass is 9.98. The zero-order chi connectivity index (χ0) is 29.9. The van der Waals surface area contributed by atoms with Gasteiger partial charge in [0.2, 0.25) is 29.3 Å². The van der Waals surface area contributed by atoms with Crippen molar-refractivity contribution in [1.29, 1.82) is 0 Å². The summed E-state index contributed by atoms with van der Waals surface area (Å²) in [6.45, 7) is 3.34. The van der Waals surface area contributed by atoms with Crippen molar-refractivity contribution in [3.63, 3.8) is 0 Å². The molecule has 1 aromatic rings. The molecule has 0 bridgehead atoms. The van der Waals surface area contributed by atoms with Gasteiger partial charge in [-0.1, -0.05) is 44.2 Å². The maximum absolute atomic E-state index is 12.8. The number of ketones is 2. The Morgan fingerprint density at radius 2 is 1.36 bits per heavy atom. The Labute approximate surface area is 225 Å². The van der Waals surface area contributed by atoms with E-state index in [0.717, 1.165) is 5.56 Å². The smallest absolute Gasteiger partial charge is 0.305 e. The summed E-state index contributed by atoms with van der Waals surface area (Å²) in [4.78, 5) is 74.4. The average Bonchev–Trinajstić information content (AvgIpc) is 2.88. The fourth-order valence-corrected chi connectivity index (χ4v) is 3.38. The lowest BCUT2D eigenvalue weighted by molar-refractivity contribution is -0.145. The maximum atomic E-state index is 12.8. The fourth-order valence-electron chi connectivity index (χ4n) is 3.38. The molecule has 0 unspecified atom stereocenters. The number of nitrogens with two attached hydrogens (primary N) is 2. The highest BCUT2D eigenvalue weighted by atomic mass is 16.4. The standard InChI is InChI=1S/C25H37N5O9/c1-12(2)19(27)24(38)28-16(10-18(33)34)21(35)22(36)17(11-31)29-25(39)20(13(3)32)30-23(37)15(26)9-14-7-5-4-6-8-14/h4-8,12-13,15-17,19-20,31-32H,9-11,26-27H2,1-3H3,(H,28,38)(H,29,39)(H,30,37)(H,33,34)/t13-,15+,16+,17+,19+,20+/m1/s1. The van der Waals surface area contributed by atoms with Crippen molar-refractivity contribution >= 4 is 35.3 Å². The van der Waals surface area contributed by atoms with E-state index in [0.29, 0.717) is 0 Å². The molecule has 0 aliphatic carbocycles. The number of benzene rings is 1. The number of amides is 3. The van der Waals surface area contributed by atoms with Gasteiger partial charge in [-0.15, -0.1) is 0 Å². The number of aliphatic carboxylic acids is 1. The largest absolute Gasteiger partial charge is 0.481 e. The first-order valence-corrected chi connectivity index (χ1v) is 12.2. The van der Waals surface area contributed by atoms with Crippen LogP contribution in [-0.4, -0.2) is 93.5 Å². The molecule has 14 heteroatoms. The topological polar surface area (TPSA) is 251 Å². The first kappa shape index (κ1) is 33.3. The van der Waals surface area contributed by atoms with Gasteiger partial charge in [0.15, 0.2) is 0 Å². The van der Waals surface area contributed by atoms with Crippen molar-refractivity contribution < 1.29 is 44.1 Å². The molecule has 0 aliphatic heterocycles. The van der Waals surface area contributed by atoms with Crippen molar-refractivity contribution in [2.75, 3.05) is 6.61 Å². The number of nitrogens with one attached hydrogen (secondary N) is 3. The second kappa shape index (κ2) is 15.6. The highest BCUT2D eigenvalue weighted by Crippen LogP contribution is 2.06. The highest BCUT2D eigenvalue weighted by Gasteiger charge is 2.37. The van der Waals surface area contributed by atoms with Gasteiger partial charge in [-0.05, 0) is 24.8 Å². The van der Waals surface area contributed by atoms with Crippen molar-refractivity contribution in [2.45, 2.75) is 69.9 Å². The maximum Gasteiger partial charge on any atom is 0.305 e. The van der Waals surface area contributed by atoms with Gasteiger partial charge in [0.25, 0.3) is 0 Å². The molecule has 0 radical (unpaired) electrons. The summed E-state index contributed by atoms with van der Waals surface area (Å²) < 4.78 is 0. The molecule has 0 aromatic heterocycles. The van der Waals surface area contributed by atoms with Crippen molar-refractivity contribution in [3.8, 4) is 0 Å². The van der Waals surface area contributed by atoms with Gasteiger partial charge in [-0.3, -0.25) is 28.8 Å². The van der Waals surface area contributed by atoms with Crippen LogP contribution in [0.1, 0.15) is 32.8 Å². The second-order valence-corrected chi connectivity index (χ2v) is 9.42. The molecule has 0 saturated carbocycles. The van der Waals surface area contributed by atoms with Gasteiger partial charge in [0.05, 0.1) is 31.2 Å². The van der Waals surface area contributed by atoms with Crippen LogP contribution in [0, 0.1) is 5.92 Å². The Hall–Kier alpha value is -3.72. The number of Topliss-reactive ketones (excluding diaryl/α,β-unsaturated/α-hetero) is 2. The average molecular weight is 552 g/mol. The van der Waals surface area contributed by atoms with Crippen molar-refractivity contribution in [2.24, 2.45) is 17.4 Å². The number of hydrogen-bond acceptors (Lipinski definition) is 10. The third-order valence-electron chi connectivity index (χ3n) is 5.79. The molecular weight excluding hydrogens is 514 g/mol. The minimum atomic E-state index is -1.87. The van der Waals surface area contributed by atoms with E-state index in [4.69, 9.17) is 16.6 Å². The van der Waals surface area contributed by atoms with E-state index in [9.17, 15) is 39.0 Å². The molecule has 0 saturated heterocycles. The number of carboxylic acid groups (broad SMARTS) is 1. The summed E-state index contributed by atoms with van der Waals surface area (Å²) in [7, 11) is 0. The zero-order valence-electron chi connectivity index (χ0n) is 22.0. The Balaban J connectivity index is 2.97. The molecule has 39 heavy (non-hydrogen) atoms. The molecule has 0 fully saturated rings. The molecule has 0 spiro atoms. The fraction of sp³-hybridized carbons (Fsp3) is 0.520. The van der Waals surface area contributed by atoms with Crippen LogP contribution < -0.4 is 27.4 Å². The second-order valence-electron chi connectivity index (χ2n) is 9.42. The molecular formula is C25H37N5O9. The first-order chi connectivity index (χ1) is 18.2. The van der Waals surface area contributed by atoms with Crippen molar-refractivity contribution in [3.05, 3.63) is 35.9 Å². The lowest BCUT2D eigenvalue weighted by Crippen LogP contribution is -2.60. The number of hydrogen-bond donors (Lipinski definition) is 8. The number of aliphatic hydroxyl groups excluding tert-OH is 2. The van der Waals surface area contributed by atoms with E-state index >= 15 is 0 Å². The van der Waals surface area contributed by atoms with Gasteiger partial charge in [-0.2, -0.15) is 0 Å². The summed E-state index contributed by atoms with van der Waals surface area (Å²) in [6.07, 6.45) is -2.30. The van der Waals surface area contributed by atoms with Crippen LogP contribution in [0.4, 0.5) is 0 Å². The molecule has 6 atom stereocenters. The van der Waals surface area contributed by atoms with Crippen LogP contribution in [0.25, 0.3) is 0 Å². The molecule has 1 aromatic carbocycles. The summed E-state index contributed by atoms with van der Waals surface area (Å²) in [5, 5.41) is 35.3. The Morgan fingerprint density at radius 1 is 0.821 bits per heavy atom. The van der Waals surface area contributed by atoms with E-state index in [1.165, 1.54) is 6.92 Å². The van der Waals surface area contributed by atoms with Crippen LogP contribution in [-0.2, 0) is 35.2 Å². The predicted octanol–water partition coefficient (Wildman–Crippen LogP) is -3.02. The quantitative estimate of drug-likeness (QED) is 0.0960. The minimum absolute atomic E-state index is 0.129. The Bertz CT molecular complexity index is 1030. The minimum Gasteiger partial charge on any atom is -0.481 e. The highest BCUT2D eigenvalue weighted by molar-refractivity contribution is 6.41. The van der Waals surface area contributed by atoms with Crippen LogP contribution >= 0.6 is 0 Å². The van der Waals surface area contributed by atoms with E-state index in [1.807, 2.05) is 0 Å². The van der Waals surface area contributed by atoms with E-state index < -0.39 is 84.6 Å². The third kappa shape index (κ3) is 10.5. The first-order valence-electron chi connectivity index (χ1n) is 12.2. The summed E-state index contributed by atoms with van der Waals surface area (Å²) >= 11 is 0. The predicted molar refractivity (Wildman–Crippen MR) is 138 cm³/mol. The molecule has 0 heterocycles. The summed E-state index contributed by atoms with van der Waals surface area (Å²) in [6, 6.07) is 1.30. The van der Waals surface area contributed by atoms with Crippen LogP contribution in [0.5, 0.6) is 0 Å². The van der Waals surface area contributed by atoms with Crippen molar-refractivity contribution in [1.82, 2.24) is 16.0 Å². The SMILES string of the molecule is CC(C)[C@H](N)C(=O)N[C@@H](CC(=O)O)C(=O)C(=O)[C@H](CO)NC(=O)[C@@H](NC(=O)[C@@H](N)Cc1ccccc1)[C@@H](C)O. The number of carboxylic acids is 1. The van der Waals surface area contributed by atoms with Crippen LogP contribution in [0.2, 0.25) is 0 Å². The zero-order valence-corrected chi connectivity index (χ0v) is 22.0. The third-order valence-corrected chi connectivity index (χ3v) is 5.79. The lowest BCUT2D eigenvalue weighted by Gasteiger charge is -2.25. The van der Waals surface area contributed by atoms with E-state index in [2.05, 4.69) is 16.0 Å². The van der Waals surface area contributed by atoms with Gasteiger partial charge in [-0.25, -0.2) is 0 Å².